The summed E-state index contributed by atoms with van der Waals surface area (Å²) in [6.07, 6.45) is -3.16. The molecular weight excluding hydrogens is 455 g/mol. The number of hydrogen-bond acceptors (Lipinski definition) is 4. The van der Waals surface area contributed by atoms with Crippen LogP contribution in [-0.4, -0.2) is 90.9 Å². The van der Waals surface area contributed by atoms with E-state index in [-0.39, 0.29) is 37.1 Å². The Morgan fingerprint density at radius 1 is 1.06 bits per heavy atom. The highest BCUT2D eigenvalue weighted by molar-refractivity contribution is 5.95. The number of rotatable bonds is 6. The Bertz CT molecular complexity index is 1010. The third-order valence-electron chi connectivity index (χ3n) is 7.31. The van der Waals surface area contributed by atoms with Crippen molar-refractivity contribution in [2.75, 3.05) is 46.9 Å². The van der Waals surface area contributed by atoms with Gasteiger partial charge < -0.3 is 14.9 Å². The van der Waals surface area contributed by atoms with Gasteiger partial charge in [-0.05, 0) is 54.8 Å². The fourth-order valence-corrected chi connectivity index (χ4v) is 5.49. The summed E-state index contributed by atoms with van der Waals surface area (Å²) in [5, 5.41) is 10.1. The highest BCUT2D eigenvalue weighted by Gasteiger charge is 2.49. The molecule has 0 radical (unpaired) electrons. The normalized spacial score (nSPS) is 23.7. The molecule has 2 saturated heterocycles. The number of amides is 1. The van der Waals surface area contributed by atoms with Gasteiger partial charge in [-0.1, -0.05) is 36.4 Å². The molecule has 2 aliphatic heterocycles. The first-order valence-corrected chi connectivity index (χ1v) is 12.3. The molecule has 190 valence electrons. The summed E-state index contributed by atoms with van der Waals surface area (Å²) < 4.78 is 38.5. The molecule has 2 fully saturated rings. The molecule has 5 nitrogen and oxygen atoms in total. The number of halogens is 3. The maximum atomic E-state index is 12.8. The van der Waals surface area contributed by atoms with Crippen LogP contribution in [0, 0.1) is 0 Å². The summed E-state index contributed by atoms with van der Waals surface area (Å²) >= 11 is 0. The number of hydrogen-bond donors (Lipinski definition) is 1. The number of aliphatic hydroxyl groups is 1. The Morgan fingerprint density at radius 2 is 1.77 bits per heavy atom. The van der Waals surface area contributed by atoms with Gasteiger partial charge in [-0.25, -0.2) is 0 Å². The molecule has 0 aromatic heterocycles. The molecule has 3 atom stereocenters. The molecule has 8 heteroatoms. The van der Waals surface area contributed by atoms with Crippen molar-refractivity contribution in [2.45, 2.75) is 43.4 Å². The Hall–Kier alpha value is -2.42. The SMILES string of the molecule is CN(C)C(=O)c1cccc(-c2ccc([C@H]3[C@@H](CO)N4CCCCN(CCC(F)(F)F)C[C@H]34)cc2)c1. The van der Waals surface area contributed by atoms with Crippen LogP contribution in [0.15, 0.2) is 48.5 Å². The van der Waals surface area contributed by atoms with Gasteiger partial charge in [-0.3, -0.25) is 9.69 Å². The molecule has 35 heavy (non-hydrogen) atoms. The molecule has 0 saturated carbocycles. The third-order valence-corrected chi connectivity index (χ3v) is 7.31. The largest absolute Gasteiger partial charge is 0.395 e. The molecule has 0 aliphatic carbocycles. The summed E-state index contributed by atoms with van der Waals surface area (Å²) in [5.74, 6) is 0.0189. The van der Waals surface area contributed by atoms with Crippen molar-refractivity contribution >= 4 is 5.91 Å². The first-order valence-electron chi connectivity index (χ1n) is 12.3. The Labute approximate surface area is 205 Å². The number of nitrogens with zero attached hydrogens (tertiary/aromatic N) is 3. The van der Waals surface area contributed by atoms with Crippen LogP contribution in [0.1, 0.15) is 41.1 Å². The highest BCUT2D eigenvalue weighted by Crippen LogP contribution is 2.42. The minimum Gasteiger partial charge on any atom is -0.395 e. The maximum absolute atomic E-state index is 12.8. The Balaban J connectivity index is 1.52. The minimum absolute atomic E-state index is 0.0190. The lowest BCUT2D eigenvalue weighted by Crippen LogP contribution is -2.67. The van der Waals surface area contributed by atoms with Gasteiger partial charge in [-0.15, -0.1) is 0 Å². The fourth-order valence-electron chi connectivity index (χ4n) is 5.49. The smallest absolute Gasteiger partial charge is 0.390 e. The van der Waals surface area contributed by atoms with Crippen LogP contribution in [0.3, 0.4) is 0 Å². The van der Waals surface area contributed by atoms with Gasteiger partial charge in [0.1, 0.15) is 0 Å². The van der Waals surface area contributed by atoms with Gasteiger partial charge in [-0.2, -0.15) is 13.2 Å². The van der Waals surface area contributed by atoms with Gasteiger partial charge in [0.25, 0.3) is 5.91 Å². The van der Waals surface area contributed by atoms with Gasteiger partial charge in [0, 0.05) is 50.7 Å². The summed E-state index contributed by atoms with van der Waals surface area (Å²) in [4.78, 5) is 18.1. The number of fused-ring (bicyclic) bond motifs is 1. The molecular formula is C27H34F3N3O2. The lowest BCUT2D eigenvalue weighted by molar-refractivity contribution is -0.140. The lowest BCUT2D eigenvalue weighted by atomic mass is 9.74. The highest BCUT2D eigenvalue weighted by atomic mass is 19.4. The first-order chi connectivity index (χ1) is 16.7. The average molecular weight is 490 g/mol. The van der Waals surface area contributed by atoms with E-state index in [1.54, 1.807) is 25.1 Å². The van der Waals surface area contributed by atoms with Crippen LogP contribution >= 0.6 is 0 Å². The average Bonchev–Trinajstić information content (AvgIpc) is 2.81. The molecule has 0 unspecified atom stereocenters. The lowest BCUT2D eigenvalue weighted by Gasteiger charge is -2.57. The van der Waals surface area contributed by atoms with E-state index in [0.29, 0.717) is 18.7 Å². The van der Waals surface area contributed by atoms with Crippen molar-refractivity contribution in [3.05, 3.63) is 59.7 Å². The summed E-state index contributed by atoms with van der Waals surface area (Å²) in [6, 6.07) is 15.7. The van der Waals surface area contributed by atoms with E-state index in [1.165, 1.54) is 0 Å². The zero-order valence-electron chi connectivity index (χ0n) is 20.3. The van der Waals surface area contributed by atoms with Crippen molar-refractivity contribution in [3.8, 4) is 11.1 Å². The van der Waals surface area contributed by atoms with Crippen LogP contribution in [-0.2, 0) is 0 Å². The van der Waals surface area contributed by atoms with Crippen LogP contribution in [0.25, 0.3) is 11.1 Å². The van der Waals surface area contributed by atoms with E-state index in [2.05, 4.69) is 17.0 Å². The van der Waals surface area contributed by atoms with Crippen molar-refractivity contribution in [1.82, 2.24) is 14.7 Å². The molecule has 1 N–H and O–H groups in total. The Morgan fingerprint density at radius 3 is 2.43 bits per heavy atom. The van der Waals surface area contributed by atoms with Gasteiger partial charge in [0.05, 0.1) is 13.0 Å². The van der Waals surface area contributed by atoms with E-state index in [9.17, 15) is 23.1 Å². The number of carbonyl (C=O) groups excluding carboxylic acids is 1. The number of aliphatic hydroxyl groups excluding tert-OH is 1. The van der Waals surface area contributed by atoms with Crippen LogP contribution in [0.4, 0.5) is 13.2 Å². The van der Waals surface area contributed by atoms with Gasteiger partial charge in [0.2, 0.25) is 0 Å². The second-order valence-electron chi connectivity index (χ2n) is 9.86. The quantitative estimate of drug-likeness (QED) is 0.660. The van der Waals surface area contributed by atoms with Gasteiger partial charge >= 0.3 is 6.18 Å². The number of carbonyl (C=O) groups is 1. The van der Waals surface area contributed by atoms with Crippen LogP contribution in [0.5, 0.6) is 0 Å². The predicted molar refractivity (Wildman–Crippen MR) is 130 cm³/mol. The summed E-state index contributed by atoms with van der Waals surface area (Å²) in [6.45, 7) is 2.17. The molecule has 4 rings (SSSR count). The van der Waals surface area contributed by atoms with Crippen LogP contribution < -0.4 is 0 Å². The molecule has 2 aromatic carbocycles. The third kappa shape index (κ3) is 5.88. The second kappa shape index (κ2) is 10.7. The second-order valence-corrected chi connectivity index (χ2v) is 9.86. The number of benzene rings is 2. The van der Waals surface area contributed by atoms with Crippen molar-refractivity contribution in [1.29, 1.82) is 0 Å². The zero-order valence-corrected chi connectivity index (χ0v) is 20.3. The van der Waals surface area contributed by atoms with E-state index < -0.39 is 12.6 Å². The fraction of sp³-hybridized carbons (Fsp3) is 0.519. The zero-order chi connectivity index (χ0) is 25.2. The molecule has 2 heterocycles. The summed E-state index contributed by atoms with van der Waals surface area (Å²) in [7, 11) is 3.45. The minimum atomic E-state index is -4.15. The van der Waals surface area contributed by atoms with Gasteiger partial charge in [0.15, 0.2) is 0 Å². The standard InChI is InChI=1S/C27H34F3N3O2/c1-31(2)26(35)22-7-5-6-21(16-22)19-8-10-20(11-9-19)25-23-17-32(15-12-27(28,29)30)13-3-4-14-33(23)24(25)18-34/h5-11,16,23-25,34H,3-4,12-15,17-18H2,1-2H3/t23-,24-,25-/m1/s1. The monoisotopic (exact) mass is 489 g/mol. The van der Waals surface area contributed by atoms with E-state index in [0.717, 1.165) is 36.1 Å². The van der Waals surface area contributed by atoms with E-state index >= 15 is 0 Å². The van der Waals surface area contributed by atoms with E-state index in [1.807, 2.05) is 35.2 Å². The van der Waals surface area contributed by atoms with Crippen molar-refractivity contribution in [2.24, 2.45) is 0 Å². The van der Waals surface area contributed by atoms with Crippen molar-refractivity contribution in [3.63, 3.8) is 0 Å². The van der Waals surface area contributed by atoms with Crippen LogP contribution in [0.2, 0.25) is 0 Å². The first kappa shape index (κ1) is 25.7. The number of alkyl halides is 3. The van der Waals surface area contributed by atoms with E-state index in [4.69, 9.17) is 0 Å². The maximum Gasteiger partial charge on any atom is 0.390 e. The molecule has 2 aromatic rings. The topological polar surface area (TPSA) is 47.0 Å². The summed E-state index contributed by atoms with van der Waals surface area (Å²) in [5.41, 5.74) is 3.65. The Kier molecular flexibility index (Phi) is 7.83. The molecule has 0 bridgehead atoms. The molecule has 0 spiro atoms. The predicted octanol–water partition coefficient (Wildman–Crippen LogP) is 4.23. The van der Waals surface area contributed by atoms with Crippen molar-refractivity contribution < 1.29 is 23.1 Å². The molecule has 2 aliphatic rings. The molecule has 1 amide bonds.